The molecule has 1 atom stereocenters. The summed E-state index contributed by atoms with van der Waals surface area (Å²) in [5.41, 5.74) is 0.719. The van der Waals surface area contributed by atoms with Crippen molar-refractivity contribution in [1.29, 1.82) is 5.41 Å². The lowest BCUT2D eigenvalue weighted by molar-refractivity contribution is 0.0673. The maximum atomic E-state index is 12.9. The number of amides is 1. The number of fused-ring (bicyclic) bond motifs is 1. The molecule has 2 rings (SSSR count). The van der Waals surface area contributed by atoms with E-state index >= 15 is 0 Å². The minimum absolute atomic E-state index is 0.0406. The van der Waals surface area contributed by atoms with Gasteiger partial charge in [0.25, 0.3) is 5.91 Å². The summed E-state index contributed by atoms with van der Waals surface area (Å²) in [6.07, 6.45) is 1.97. The topological polar surface area (TPSA) is 44.2 Å². The Balaban J connectivity index is 2.32. The van der Waals surface area contributed by atoms with E-state index in [2.05, 4.69) is 13.8 Å². The summed E-state index contributed by atoms with van der Waals surface area (Å²) in [4.78, 5) is 14.8. The minimum Gasteiger partial charge on any atom is -0.335 e. The Morgan fingerprint density at radius 2 is 1.82 bits per heavy atom. The van der Waals surface area contributed by atoms with Crippen molar-refractivity contribution in [1.82, 2.24) is 4.90 Å². The summed E-state index contributed by atoms with van der Waals surface area (Å²) < 4.78 is 0. The third-order valence-corrected chi connectivity index (χ3v) is 3.81. The lowest BCUT2D eigenvalue weighted by atomic mass is 10.0. The Bertz CT molecular complexity index is 663. The fourth-order valence-corrected chi connectivity index (χ4v) is 2.64. The molecule has 3 nitrogen and oxygen atoms in total. The smallest absolute Gasteiger partial charge is 0.254 e. The highest BCUT2D eigenvalue weighted by molar-refractivity contribution is 5.98. The van der Waals surface area contributed by atoms with Crippen LogP contribution in [0.1, 0.15) is 37.6 Å². The van der Waals surface area contributed by atoms with Crippen LogP contribution in [0.2, 0.25) is 0 Å². The second-order valence-corrected chi connectivity index (χ2v) is 6.20. The lowest BCUT2D eigenvalue weighted by Gasteiger charge is -2.30. The molecule has 3 heteroatoms. The third kappa shape index (κ3) is 3.73. The van der Waals surface area contributed by atoms with Crippen LogP contribution < -0.4 is 0 Å². The first kappa shape index (κ1) is 16.2. The summed E-state index contributed by atoms with van der Waals surface area (Å²) in [6, 6.07) is 14.0. The molecule has 2 aromatic carbocycles. The van der Waals surface area contributed by atoms with Crippen LogP contribution in [0.4, 0.5) is 0 Å². The molecule has 0 bridgehead atoms. The van der Waals surface area contributed by atoms with E-state index in [1.54, 1.807) is 0 Å². The molecule has 22 heavy (non-hydrogen) atoms. The van der Waals surface area contributed by atoms with Gasteiger partial charge in [-0.15, -0.1) is 0 Å². The van der Waals surface area contributed by atoms with Crippen molar-refractivity contribution in [3.05, 3.63) is 48.0 Å². The zero-order chi connectivity index (χ0) is 16.1. The molecule has 0 aliphatic rings. The molecule has 1 amide bonds. The van der Waals surface area contributed by atoms with Crippen LogP contribution >= 0.6 is 0 Å². The normalized spacial score (nSPS) is 12.4. The summed E-state index contributed by atoms with van der Waals surface area (Å²) in [6.45, 7) is 6.93. The first-order chi connectivity index (χ1) is 10.5. The van der Waals surface area contributed by atoms with E-state index in [9.17, 15) is 4.79 Å². The molecule has 2 aromatic rings. The Hall–Kier alpha value is -2.16. The maximum Gasteiger partial charge on any atom is 0.254 e. The van der Waals surface area contributed by atoms with Crippen LogP contribution in [0, 0.1) is 11.3 Å². The molecular weight excluding hydrogens is 272 g/mol. The predicted molar refractivity (Wildman–Crippen MR) is 92.7 cm³/mol. The minimum atomic E-state index is 0.0406. The fourth-order valence-electron chi connectivity index (χ4n) is 2.64. The van der Waals surface area contributed by atoms with Crippen LogP contribution in [0.3, 0.4) is 0 Å². The highest BCUT2D eigenvalue weighted by Gasteiger charge is 2.21. The number of nitrogens with one attached hydrogen (secondary N) is 1. The summed E-state index contributed by atoms with van der Waals surface area (Å²) in [7, 11) is 0. The lowest BCUT2D eigenvalue weighted by Crippen LogP contribution is -2.41. The van der Waals surface area contributed by atoms with Gasteiger partial charge in [0, 0.05) is 24.6 Å². The molecule has 0 radical (unpaired) electrons. The molecule has 0 saturated heterocycles. The van der Waals surface area contributed by atoms with Crippen LogP contribution in [-0.2, 0) is 0 Å². The van der Waals surface area contributed by atoms with Crippen molar-refractivity contribution in [3.63, 3.8) is 0 Å². The maximum absolute atomic E-state index is 12.9. The van der Waals surface area contributed by atoms with Gasteiger partial charge in [0.1, 0.15) is 0 Å². The van der Waals surface area contributed by atoms with E-state index in [1.807, 2.05) is 54.3 Å². The number of benzene rings is 2. The number of hydrogen-bond donors (Lipinski definition) is 1. The van der Waals surface area contributed by atoms with Crippen LogP contribution in [0.15, 0.2) is 42.5 Å². The molecular formula is C19H24N2O. The molecule has 0 saturated carbocycles. The Morgan fingerprint density at radius 3 is 2.45 bits per heavy atom. The zero-order valence-electron chi connectivity index (χ0n) is 13.5. The monoisotopic (exact) mass is 296 g/mol. The van der Waals surface area contributed by atoms with E-state index < -0.39 is 0 Å². The average Bonchev–Trinajstić information content (AvgIpc) is 2.51. The molecule has 0 aliphatic carbocycles. The quantitative estimate of drug-likeness (QED) is 0.791. The summed E-state index contributed by atoms with van der Waals surface area (Å²) in [5.74, 6) is 0.450. The van der Waals surface area contributed by atoms with Gasteiger partial charge in [0.2, 0.25) is 0 Å². The highest BCUT2D eigenvalue weighted by atomic mass is 16.2. The van der Waals surface area contributed by atoms with Crippen molar-refractivity contribution in [3.8, 4) is 0 Å². The third-order valence-electron chi connectivity index (χ3n) is 3.81. The molecule has 0 spiro atoms. The number of carbonyl (C=O) groups excluding carboxylic acids is 1. The Kier molecular flexibility index (Phi) is 5.31. The number of hydrogen-bond acceptors (Lipinski definition) is 2. The second kappa shape index (κ2) is 7.21. The molecule has 0 aromatic heterocycles. The van der Waals surface area contributed by atoms with E-state index in [4.69, 9.17) is 5.41 Å². The van der Waals surface area contributed by atoms with Gasteiger partial charge in [0.05, 0.1) is 0 Å². The van der Waals surface area contributed by atoms with Crippen molar-refractivity contribution in [2.75, 3.05) is 6.54 Å². The van der Waals surface area contributed by atoms with Crippen molar-refractivity contribution >= 4 is 22.9 Å². The second-order valence-electron chi connectivity index (χ2n) is 6.20. The Labute approximate surface area is 132 Å². The van der Waals surface area contributed by atoms with Gasteiger partial charge in [-0.2, -0.15) is 0 Å². The van der Waals surface area contributed by atoms with Crippen LogP contribution in [0.25, 0.3) is 10.8 Å². The van der Waals surface area contributed by atoms with Crippen LogP contribution in [-0.4, -0.2) is 29.6 Å². The van der Waals surface area contributed by atoms with Gasteiger partial charge in [-0.25, -0.2) is 0 Å². The summed E-state index contributed by atoms with van der Waals surface area (Å²) >= 11 is 0. The van der Waals surface area contributed by atoms with Gasteiger partial charge in [-0.05, 0) is 42.0 Å². The average molecular weight is 296 g/mol. The van der Waals surface area contributed by atoms with E-state index in [0.29, 0.717) is 18.9 Å². The van der Waals surface area contributed by atoms with Gasteiger partial charge in [0.15, 0.2) is 0 Å². The van der Waals surface area contributed by atoms with Gasteiger partial charge >= 0.3 is 0 Å². The zero-order valence-corrected chi connectivity index (χ0v) is 13.5. The molecule has 1 N–H and O–H groups in total. The SMILES string of the molecule is CC(C)CN(C(=O)c1ccc2ccccc2c1)[C@@H](C)CC=N. The van der Waals surface area contributed by atoms with Gasteiger partial charge in [-0.3, -0.25) is 4.79 Å². The van der Waals surface area contributed by atoms with Gasteiger partial charge < -0.3 is 10.3 Å². The molecule has 116 valence electrons. The van der Waals surface area contributed by atoms with Crippen molar-refractivity contribution < 1.29 is 4.79 Å². The number of rotatable bonds is 6. The van der Waals surface area contributed by atoms with E-state index in [0.717, 1.165) is 16.3 Å². The predicted octanol–water partition coefficient (Wildman–Crippen LogP) is 4.37. The molecule has 0 fully saturated rings. The van der Waals surface area contributed by atoms with Crippen LogP contribution in [0.5, 0.6) is 0 Å². The molecule has 0 unspecified atom stereocenters. The number of carbonyl (C=O) groups is 1. The summed E-state index contributed by atoms with van der Waals surface area (Å²) in [5, 5.41) is 9.52. The molecule has 0 aliphatic heterocycles. The first-order valence-electron chi connectivity index (χ1n) is 7.81. The first-order valence-corrected chi connectivity index (χ1v) is 7.81. The van der Waals surface area contributed by atoms with Gasteiger partial charge in [-0.1, -0.05) is 44.2 Å². The fraction of sp³-hybridized carbons (Fsp3) is 0.368. The van der Waals surface area contributed by atoms with E-state index in [-0.39, 0.29) is 11.9 Å². The Morgan fingerprint density at radius 1 is 1.14 bits per heavy atom. The standard InChI is InChI=1S/C19H24N2O/c1-14(2)13-21(15(3)10-11-20)19(22)18-9-8-16-6-4-5-7-17(16)12-18/h4-9,11-12,14-15,20H,10,13H2,1-3H3/t15-/m0/s1. The largest absolute Gasteiger partial charge is 0.335 e. The number of nitrogens with zero attached hydrogens (tertiary/aromatic N) is 1. The van der Waals surface area contributed by atoms with E-state index in [1.165, 1.54) is 6.21 Å². The molecule has 0 heterocycles. The highest BCUT2D eigenvalue weighted by Crippen LogP contribution is 2.19. The van der Waals surface area contributed by atoms with Crippen molar-refractivity contribution in [2.24, 2.45) is 5.92 Å². The van der Waals surface area contributed by atoms with Crippen molar-refractivity contribution in [2.45, 2.75) is 33.2 Å².